The first-order valence-electron chi connectivity index (χ1n) is 5.63. The predicted molar refractivity (Wildman–Crippen MR) is 65.6 cm³/mol. The molecule has 0 radical (unpaired) electrons. The molecule has 5 heteroatoms. The summed E-state index contributed by atoms with van der Waals surface area (Å²) >= 11 is 0. The van der Waals surface area contributed by atoms with E-state index in [-0.39, 0.29) is 12.6 Å². The van der Waals surface area contributed by atoms with Crippen LogP contribution in [0.15, 0.2) is 24.0 Å². The van der Waals surface area contributed by atoms with E-state index >= 15 is 0 Å². The highest BCUT2D eigenvalue weighted by Gasteiger charge is 2.16. The lowest BCUT2D eigenvalue weighted by molar-refractivity contribution is 0.247. The average Bonchev–Trinajstić information content (AvgIpc) is 2.40. The van der Waals surface area contributed by atoms with Crippen molar-refractivity contribution in [3.05, 3.63) is 29.6 Å². The van der Waals surface area contributed by atoms with Gasteiger partial charge in [0.1, 0.15) is 0 Å². The monoisotopic (exact) mass is 235 g/mol. The maximum absolute atomic E-state index is 9.24. The number of aliphatic hydroxyl groups is 1. The number of methoxy groups -OCH3 is 1. The molecule has 0 bridgehead atoms. The van der Waals surface area contributed by atoms with Gasteiger partial charge in [0.2, 0.25) is 5.88 Å². The van der Waals surface area contributed by atoms with Crippen LogP contribution < -0.4 is 15.4 Å². The van der Waals surface area contributed by atoms with Crippen LogP contribution >= 0.6 is 0 Å². The predicted octanol–water partition coefficient (Wildman–Crippen LogP) is -0.0152. The highest BCUT2D eigenvalue weighted by molar-refractivity contribution is 5.53. The van der Waals surface area contributed by atoms with Crippen molar-refractivity contribution in [2.24, 2.45) is 0 Å². The van der Waals surface area contributed by atoms with E-state index in [0.717, 1.165) is 24.4 Å². The van der Waals surface area contributed by atoms with Crippen LogP contribution in [0.25, 0.3) is 6.08 Å². The number of aliphatic hydroxyl groups excluding tert-OH is 1. The Kier molecular flexibility index (Phi) is 3.95. The molecule has 2 heterocycles. The molecule has 0 aliphatic carbocycles. The SMILES string of the molecule is COc1ccc(C=C2NCCNC2CO)cn1. The molecule has 3 N–H and O–H groups in total. The van der Waals surface area contributed by atoms with Crippen LogP contribution in [-0.2, 0) is 0 Å². The second-order valence-corrected chi connectivity index (χ2v) is 3.85. The molecule has 1 aromatic rings. The quantitative estimate of drug-likeness (QED) is 0.687. The fourth-order valence-electron chi connectivity index (χ4n) is 1.78. The summed E-state index contributed by atoms with van der Waals surface area (Å²) < 4.78 is 5.00. The van der Waals surface area contributed by atoms with Crippen LogP contribution in [0.2, 0.25) is 0 Å². The summed E-state index contributed by atoms with van der Waals surface area (Å²) in [7, 11) is 1.59. The fraction of sp³-hybridized carbons (Fsp3) is 0.417. The number of pyridine rings is 1. The Labute approximate surface area is 101 Å². The minimum atomic E-state index is -0.0224. The third-order valence-corrected chi connectivity index (χ3v) is 2.69. The highest BCUT2D eigenvalue weighted by atomic mass is 16.5. The molecule has 1 aliphatic rings. The van der Waals surface area contributed by atoms with E-state index in [1.807, 2.05) is 18.2 Å². The summed E-state index contributed by atoms with van der Waals surface area (Å²) in [4.78, 5) is 4.14. The van der Waals surface area contributed by atoms with Gasteiger partial charge in [-0.15, -0.1) is 0 Å². The molecular formula is C12H17N3O2. The van der Waals surface area contributed by atoms with Gasteiger partial charge >= 0.3 is 0 Å². The number of ether oxygens (including phenoxy) is 1. The molecule has 0 saturated carbocycles. The topological polar surface area (TPSA) is 66.4 Å². The van der Waals surface area contributed by atoms with Gasteiger partial charge in [0.05, 0.1) is 19.8 Å². The van der Waals surface area contributed by atoms with Gasteiger partial charge in [-0.2, -0.15) is 0 Å². The van der Waals surface area contributed by atoms with Gasteiger partial charge in [0.25, 0.3) is 0 Å². The average molecular weight is 235 g/mol. The molecule has 1 aliphatic heterocycles. The molecule has 1 fully saturated rings. The first-order chi connectivity index (χ1) is 8.33. The molecule has 1 unspecified atom stereocenters. The smallest absolute Gasteiger partial charge is 0.212 e. The number of nitrogens with zero attached hydrogens (tertiary/aromatic N) is 1. The highest BCUT2D eigenvalue weighted by Crippen LogP contribution is 2.12. The second-order valence-electron chi connectivity index (χ2n) is 3.85. The van der Waals surface area contributed by atoms with E-state index in [0.29, 0.717) is 5.88 Å². The summed E-state index contributed by atoms with van der Waals surface area (Å²) in [5.41, 5.74) is 1.97. The Morgan fingerprint density at radius 1 is 1.53 bits per heavy atom. The zero-order valence-corrected chi connectivity index (χ0v) is 9.81. The number of rotatable bonds is 3. The standard InChI is InChI=1S/C12H17N3O2/c1-17-12-3-2-9(7-15-12)6-10-11(8-16)14-5-4-13-10/h2-3,6-7,11,13-14,16H,4-5,8H2,1H3. The van der Waals surface area contributed by atoms with Gasteiger partial charge in [-0.05, 0) is 17.7 Å². The van der Waals surface area contributed by atoms with Crippen LogP contribution in [0.4, 0.5) is 0 Å². The van der Waals surface area contributed by atoms with Crippen molar-refractivity contribution in [2.45, 2.75) is 6.04 Å². The molecule has 92 valence electrons. The van der Waals surface area contributed by atoms with Gasteiger partial charge in [0, 0.05) is 31.0 Å². The first kappa shape index (κ1) is 11.9. The van der Waals surface area contributed by atoms with E-state index < -0.39 is 0 Å². The van der Waals surface area contributed by atoms with Crippen LogP contribution in [0, 0.1) is 0 Å². The minimum Gasteiger partial charge on any atom is -0.481 e. The minimum absolute atomic E-state index is 0.0224. The Morgan fingerprint density at radius 2 is 2.41 bits per heavy atom. The van der Waals surface area contributed by atoms with Crippen LogP contribution in [0.1, 0.15) is 5.56 Å². The number of piperazine rings is 1. The van der Waals surface area contributed by atoms with Crippen molar-refractivity contribution in [1.29, 1.82) is 0 Å². The summed E-state index contributed by atoms with van der Waals surface area (Å²) in [6.07, 6.45) is 3.73. The van der Waals surface area contributed by atoms with Crippen LogP contribution in [-0.4, -0.2) is 42.9 Å². The van der Waals surface area contributed by atoms with Crippen molar-refractivity contribution in [3.8, 4) is 5.88 Å². The lowest BCUT2D eigenvalue weighted by Crippen LogP contribution is -2.48. The van der Waals surface area contributed by atoms with Crippen LogP contribution in [0.5, 0.6) is 5.88 Å². The largest absolute Gasteiger partial charge is 0.481 e. The van der Waals surface area contributed by atoms with Crippen molar-refractivity contribution in [1.82, 2.24) is 15.6 Å². The Hall–Kier alpha value is -1.59. The second kappa shape index (κ2) is 5.65. The van der Waals surface area contributed by atoms with Gasteiger partial charge < -0.3 is 20.5 Å². The summed E-state index contributed by atoms with van der Waals surface area (Å²) in [6, 6.07) is 3.73. The van der Waals surface area contributed by atoms with Gasteiger partial charge in [-0.1, -0.05) is 0 Å². The molecule has 1 aromatic heterocycles. The molecule has 1 saturated heterocycles. The molecular weight excluding hydrogens is 218 g/mol. The molecule has 5 nitrogen and oxygen atoms in total. The number of hydrogen-bond acceptors (Lipinski definition) is 5. The molecule has 2 rings (SSSR count). The van der Waals surface area contributed by atoms with Crippen molar-refractivity contribution in [2.75, 3.05) is 26.8 Å². The third kappa shape index (κ3) is 2.95. The lowest BCUT2D eigenvalue weighted by atomic mass is 10.1. The van der Waals surface area contributed by atoms with E-state index in [4.69, 9.17) is 4.74 Å². The Morgan fingerprint density at radius 3 is 3.06 bits per heavy atom. The van der Waals surface area contributed by atoms with Crippen LogP contribution in [0.3, 0.4) is 0 Å². The first-order valence-corrected chi connectivity index (χ1v) is 5.63. The number of aromatic nitrogens is 1. The molecule has 0 aromatic carbocycles. The fourth-order valence-corrected chi connectivity index (χ4v) is 1.78. The third-order valence-electron chi connectivity index (χ3n) is 2.69. The van der Waals surface area contributed by atoms with Crippen molar-refractivity contribution >= 4 is 6.08 Å². The Balaban J connectivity index is 2.15. The van der Waals surface area contributed by atoms with Gasteiger partial charge in [0.15, 0.2) is 0 Å². The molecule has 17 heavy (non-hydrogen) atoms. The van der Waals surface area contributed by atoms with E-state index in [9.17, 15) is 5.11 Å². The zero-order valence-electron chi connectivity index (χ0n) is 9.81. The van der Waals surface area contributed by atoms with E-state index in [2.05, 4.69) is 15.6 Å². The van der Waals surface area contributed by atoms with Crippen molar-refractivity contribution < 1.29 is 9.84 Å². The lowest BCUT2D eigenvalue weighted by Gasteiger charge is -2.26. The molecule has 0 spiro atoms. The van der Waals surface area contributed by atoms with E-state index in [1.54, 1.807) is 13.3 Å². The Bertz CT molecular complexity index is 389. The summed E-state index contributed by atoms with van der Waals surface area (Å²) in [6.45, 7) is 1.82. The molecule has 0 amide bonds. The van der Waals surface area contributed by atoms with Gasteiger partial charge in [-0.25, -0.2) is 4.98 Å². The molecule has 1 atom stereocenters. The summed E-state index contributed by atoms with van der Waals surface area (Å²) in [5.74, 6) is 0.598. The van der Waals surface area contributed by atoms with Crippen molar-refractivity contribution in [3.63, 3.8) is 0 Å². The van der Waals surface area contributed by atoms with Gasteiger partial charge in [-0.3, -0.25) is 0 Å². The van der Waals surface area contributed by atoms with E-state index in [1.165, 1.54) is 0 Å². The maximum Gasteiger partial charge on any atom is 0.212 e. The zero-order chi connectivity index (χ0) is 12.1. The number of nitrogens with one attached hydrogen (secondary N) is 2. The normalized spacial score (nSPS) is 22.2. The number of hydrogen-bond donors (Lipinski definition) is 3. The summed E-state index contributed by atoms with van der Waals surface area (Å²) in [5, 5.41) is 15.8. The maximum atomic E-state index is 9.24.